The molecule has 1 aliphatic rings. The van der Waals surface area contributed by atoms with Crippen molar-refractivity contribution in [1.82, 2.24) is 4.98 Å². The normalized spacial score (nSPS) is 13.4. The van der Waals surface area contributed by atoms with E-state index in [1.54, 1.807) is 24.3 Å². The zero-order valence-corrected chi connectivity index (χ0v) is 15.4. The lowest BCUT2D eigenvalue weighted by Crippen LogP contribution is -2.15. The third-order valence-electron chi connectivity index (χ3n) is 4.64. The summed E-state index contributed by atoms with van der Waals surface area (Å²) in [6, 6.07) is 6.36. The van der Waals surface area contributed by atoms with Crippen molar-refractivity contribution >= 4 is 39.9 Å². The van der Waals surface area contributed by atoms with Gasteiger partial charge in [-0.1, -0.05) is 12.1 Å². The molecule has 0 saturated carbocycles. The van der Waals surface area contributed by atoms with E-state index in [0.29, 0.717) is 16.8 Å². The van der Waals surface area contributed by atoms with Crippen molar-refractivity contribution in [1.29, 1.82) is 0 Å². The van der Waals surface area contributed by atoms with Gasteiger partial charge >= 0.3 is 0 Å². The first-order chi connectivity index (χ1) is 11.6. The smallest absolute Gasteiger partial charge is 0.251 e. The number of aryl methyl sites for hydroxylation is 3. The highest BCUT2D eigenvalue weighted by molar-refractivity contribution is 7.19. The maximum Gasteiger partial charge on any atom is 0.251 e. The summed E-state index contributed by atoms with van der Waals surface area (Å²) >= 11 is 1.69. The molecule has 0 aliphatic heterocycles. The van der Waals surface area contributed by atoms with Crippen molar-refractivity contribution in [2.45, 2.75) is 32.6 Å². The SMILES string of the molecule is Cc1nc2sc3c(c2c(-c2cccc(F)c2)c1C(N)=O)CCCC3.Cl. The first kappa shape index (κ1) is 17.8. The molecule has 0 saturated heterocycles. The Morgan fingerprint density at radius 3 is 2.76 bits per heavy atom. The van der Waals surface area contributed by atoms with Gasteiger partial charge in [-0.05, 0) is 55.9 Å². The minimum atomic E-state index is -0.517. The number of aromatic nitrogens is 1. The van der Waals surface area contributed by atoms with E-state index in [0.717, 1.165) is 35.0 Å². The molecule has 25 heavy (non-hydrogen) atoms. The van der Waals surface area contributed by atoms with Crippen LogP contribution in [0, 0.1) is 12.7 Å². The number of fused-ring (bicyclic) bond motifs is 3. The number of primary amides is 1. The third-order valence-corrected chi connectivity index (χ3v) is 5.83. The zero-order chi connectivity index (χ0) is 16.8. The number of halogens is 2. The fourth-order valence-corrected chi connectivity index (χ4v) is 4.95. The molecule has 4 rings (SSSR count). The molecule has 0 radical (unpaired) electrons. The number of nitrogens with zero attached hydrogens (tertiary/aromatic N) is 1. The first-order valence-electron chi connectivity index (χ1n) is 8.07. The number of amides is 1. The summed E-state index contributed by atoms with van der Waals surface area (Å²) in [5.41, 5.74) is 9.35. The molecule has 3 nitrogen and oxygen atoms in total. The van der Waals surface area contributed by atoms with Gasteiger partial charge in [0.15, 0.2) is 0 Å². The molecule has 0 fully saturated rings. The van der Waals surface area contributed by atoms with Crippen LogP contribution >= 0.6 is 23.7 Å². The molecule has 0 atom stereocenters. The maximum atomic E-state index is 13.8. The van der Waals surface area contributed by atoms with Gasteiger partial charge < -0.3 is 5.73 Å². The highest BCUT2D eigenvalue weighted by atomic mass is 35.5. The average Bonchev–Trinajstić information content (AvgIpc) is 2.91. The molecule has 0 bridgehead atoms. The topological polar surface area (TPSA) is 56.0 Å². The summed E-state index contributed by atoms with van der Waals surface area (Å²) in [7, 11) is 0. The van der Waals surface area contributed by atoms with Gasteiger partial charge in [0, 0.05) is 15.8 Å². The van der Waals surface area contributed by atoms with Gasteiger partial charge in [0.2, 0.25) is 0 Å². The molecule has 1 aliphatic carbocycles. The van der Waals surface area contributed by atoms with Crippen LogP contribution < -0.4 is 5.73 Å². The predicted octanol–water partition coefficient (Wildman–Crippen LogP) is 4.81. The Labute approximate surface area is 155 Å². The van der Waals surface area contributed by atoms with Crippen LogP contribution in [0.3, 0.4) is 0 Å². The fourth-order valence-electron chi connectivity index (χ4n) is 3.64. The van der Waals surface area contributed by atoms with E-state index in [4.69, 9.17) is 5.73 Å². The lowest BCUT2D eigenvalue weighted by Gasteiger charge is -2.15. The molecule has 3 aromatic rings. The number of pyridine rings is 1. The van der Waals surface area contributed by atoms with E-state index in [2.05, 4.69) is 4.98 Å². The molecule has 1 aromatic carbocycles. The largest absolute Gasteiger partial charge is 0.366 e. The lowest BCUT2D eigenvalue weighted by atomic mass is 9.89. The minimum absolute atomic E-state index is 0. The molecule has 130 valence electrons. The van der Waals surface area contributed by atoms with Crippen LogP contribution in [0.25, 0.3) is 21.3 Å². The molecule has 6 heteroatoms. The van der Waals surface area contributed by atoms with Crippen LogP contribution in [-0.2, 0) is 12.8 Å². The van der Waals surface area contributed by atoms with E-state index < -0.39 is 5.91 Å². The van der Waals surface area contributed by atoms with Crippen molar-refractivity contribution in [3.05, 3.63) is 51.8 Å². The van der Waals surface area contributed by atoms with Crippen LogP contribution in [0.4, 0.5) is 4.39 Å². The van der Waals surface area contributed by atoms with Crippen molar-refractivity contribution in [2.75, 3.05) is 0 Å². The predicted molar refractivity (Wildman–Crippen MR) is 102 cm³/mol. The Morgan fingerprint density at radius 1 is 1.28 bits per heavy atom. The second-order valence-corrected chi connectivity index (χ2v) is 7.30. The Kier molecular flexibility index (Phi) is 4.80. The van der Waals surface area contributed by atoms with Gasteiger partial charge in [-0.25, -0.2) is 9.37 Å². The number of carbonyl (C=O) groups excluding carboxylic acids is 1. The van der Waals surface area contributed by atoms with E-state index in [9.17, 15) is 9.18 Å². The Balaban J connectivity index is 0.00000182. The molecule has 2 aromatic heterocycles. The second-order valence-electron chi connectivity index (χ2n) is 6.21. The van der Waals surface area contributed by atoms with E-state index >= 15 is 0 Å². The average molecular weight is 377 g/mol. The molecule has 0 spiro atoms. The number of benzene rings is 1. The fraction of sp³-hybridized carbons (Fsp3) is 0.263. The van der Waals surface area contributed by atoms with Crippen molar-refractivity contribution in [3.63, 3.8) is 0 Å². The van der Waals surface area contributed by atoms with Gasteiger partial charge in [0.1, 0.15) is 10.6 Å². The van der Waals surface area contributed by atoms with Crippen molar-refractivity contribution in [3.8, 4) is 11.1 Å². The van der Waals surface area contributed by atoms with Crippen LogP contribution in [-0.4, -0.2) is 10.9 Å². The minimum Gasteiger partial charge on any atom is -0.366 e. The molecule has 2 N–H and O–H groups in total. The van der Waals surface area contributed by atoms with E-state index in [-0.39, 0.29) is 18.2 Å². The Bertz CT molecular complexity index is 983. The molecular formula is C19H18ClFN2OS. The summed E-state index contributed by atoms with van der Waals surface area (Å²) in [6.45, 7) is 1.79. The van der Waals surface area contributed by atoms with Gasteiger partial charge in [-0.3, -0.25) is 4.79 Å². The molecule has 0 unspecified atom stereocenters. The Hall–Kier alpha value is -1.98. The van der Waals surface area contributed by atoms with Crippen LogP contribution in [0.15, 0.2) is 24.3 Å². The van der Waals surface area contributed by atoms with Crippen LogP contribution in [0.1, 0.15) is 39.3 Å². The number of thiophene rings is 1. The van der Waals surface area contributed by atoms with Crippen molar-refractivity contribution in [2.24, 2.45) is 5.73 Å². The number of rotatable bonds is 2. The number of hydrogen-bond donors (Lipinski definition) is 1. The summed E-state index contributed by atoms with van der Waals surface area (Å²) in [5, 5.41) is 0.986. The zero-order valence-electron chi connectivity index (χ0n) is 13.8. The molecule has 2 heterocycles. The van der Waals surface area contributed by atoms with Gasteiger partial charge in [0.25, 0.3) is 5.91 Å². The quantitative estimate of drug-likeness (QED) is 0.697. The summed E-state index contributed by atoms with van der Waals surface area (Å²) in [5.74, 6) is -0.841. The lowest BCUT2D eigenvalue weighted by molar-refractivity contribution is 0.1000. The molecular weight excluding hydrogens is 359 g/mol. The first-order valence-corrected chi connectivity index (χ1v) is 8.88. The van der Waals surface area contributed by atoms with Crippen LogP contribution in [0.2, 0.25) is 0 Å². The number of hydrogen-bond acceptors (Lipinski definition) is 3. The number of carbonyl (C=O) groups is 1. The van der Waals surface area contributed by atoms with Crippen LogP contribution in [0.5, 0.6) is 0 Å². The number of nitrogens with two attached hydrogens (primary N) is 1. The second kappa shape index (κ2) is 6.73. The summed E-state index contributed by atoms with van der Waals surface area (Å²) in [6.07, 6.45) is 4.32. The highest BCUT2D eigenvalue weighted by Crippen LogP contribution is 2.42. The summed E-state index contributed by atoms with van der Waals surface area (Å²) < 4.78 is 13.8. The van der Waals surface area contributed by atoms with Gasteiger partial charge in [0.05, 0.1) is 11.3 Å². The van der Waals surface area contributed by atoms with Gasteiger partial charge in [-0.2, -0.15) is 0 Å². The van der Waals surface area contributed by atoms with E-state index in [1.807, 2.05) is 6.07 Å². The van der Waals surface area contributed by atoms with Gasteiger partial charge in [-0.15, -0.1) is 23.7 Å². The standard InChI is InChI=1S/C19H17FN2OS.ClH/c1-10-15(18(21)23)16(11-5-4-6-12(20)9-11)17-13-7-2-3-8-14(13)24-19(17)22-10;/h4-6,9H,2-3,7-8H2,1H3,(H2,21,23);1H. The molecule has 1 amide bonds. The monoisotopic (exact) mass is 376 g/mol. The highest BCUT2D eigenvalue weighted by Gasteiger charge is 2.25. The maximum absolute atomic E-state index is 13.8. The Morgan fingerprint density at radius 2 is 2.04 bits per heavy atom. The van der Waals surface area contributed by atoms with E-state index in [1.165, 1.54) is 29.0 Å². The third kappa shape index (κ3) is 2.92. The van der Waals surface area contributed by atoms with Crippen molar-refractivity contribution < 1.29 is 9.18 Å². The summed E-state index contributed by atoms with van der Waals surface area (Å²) in [4.78, 5) is 19.0.